The maximum Gasteiger partial charge on any atom is 0.338 e. The van der Waals surface area contributed by atoms with Gasteiger partial charge >= 0.3 is 5.97 Å². The van der Waals surface area contributed by atoms with Gasteiger partial charge in [-0.2, -0.15) is 0 Å². The maximum absolute atomic E-state index is 12.3. The molecule has 0 unspecified atom stereocenters. The van der Waals surface area contributed by atoms with Crippen LogP contribution in [0.25, 0.3) is 0 Å². The van der Waals surface area contributed by atoms with Gasteiger partial charge in [0, 0.05) is 6.07 Å². The normalized spacial score (nSPS) is 30.5. The fraction of sp³-hybridized carbons (Fsp3) is 0.481. The minimum absolute atomic E-state index is 0.0222. The second kappa shape index (κ2) is 12.9. The Balaban J connectivity index is 1.37. The molecule has 0 aromatic heterocycles. The third-order valence-electron chi connectivity index (χ3n) is 6.97. The molecule has 8 N–H and O–H groups in total. The van der Waals surface area contributed by atoms with E-state index in [1.54, 1.807) is 0 Å². The molecule has 2 heterocycles. The summed E-state index contributed by atoms with van der Waals surface area (Å²) in [6.07, 6.45) is -11.5. The molecule has 0 amide bonds. The Morgan fingerprint density at radius 1 is 0.977 bits per heavy atom. The summed E-state index contributed by atoms with van der Waals surface area (Å²) in [7, 11) is 1.39. The Kier molecular flexibility index (Phi) is 9.63. The van der Waals surface area contributed by atoms with Gasteiger partial charge in [0.25, 0.3) is 0 Å². The SMILES string of the molecule is COc1ccc(C(C)=O)c(O[C@H]2O[C@H](CO[C@H]3OC[C@](O)(COC(=O)c4cc(O)c(O)c(O)c4)[C@H]3O)[C@@H](O)[C@H](O)[C@H]2O)c1. The van der Waals surface area contributed by atoms with Crippen LogP contribution in [0.2, 0.25) is 0 Å². The first-order chi connectivity index (χ1) is 20.2. The molecule has 16 nitrogen and oxygen atoms in total. The van der Waals surface area contributed by atoms with Crippen LogP contribution in [-0.2, 0) is 18.9 Å². The van der Waals surface area contributed by atoms with Crippen molar-refractivity contribution in [2.45, 2.75) is 55.6 Å². The molecule has 2 aliphatic rings. The van der Waals surface area contributed by atoms with Crippen LogP contribution in [0.1, 0.15) is 27.6 Å². The first-order valence-electron chi connectivity index (χ1n) is 12.9. The van der Waals surface area contributed by atoms with Gasteiger partial charge in [-0.3, -0.25) is 4.79 Å². The fourth-order valence-corrected chi connectivity index (χ4v) is 4.40. The number of Topliss-reactive ketones (excluding diaryl/α,β-unsaturated/α-hetero) is 1. The molecule has 2 aromatic carbocycles. The van der Waals surface area contributed by atoms with E-state index in [1.807, 2.05) is 0 Å². The van der Waals surface area contributed by atoms with Crippen LogP contribution in [0.15, 0.2) is 30.3 Å². The van der Waals surface area contributed by atoms with Gasteiger partial charge in [-0.25, -0.2) is 4.79 Å². The van der Waals surface area contributed by atoms with E-state index < -0.39 is 91.7 Å². The molecule has 0 radical (unpaired) electrons. The van der Waals surface area contributed by atoms with Gasteiger partial charge in [-0.15, -0.1) is 0 Å². The number of rotatable bonds is 10. The van der Waals surface area contributed by atoms with Crippen LogP contribution < -0.4 is 9.47 Å². The minimum Gasteiger partial charge on any atom is -0.504 e. The summed E-state index contributed by atoms with van der Waals surface area (Å²) in [5.41, 5.74) is -2.39. The number of ketones is 1. The van der Waals surface area contributed by atoms with Gasteiger partial charge in [0.2, 0.25) is 6.29 Å². The van der Waals surface area contributed by atoms with Gasteiger partial charge in [-0.05, 0) is 31.2 Å². The number of carbonyl (C=O) groups is 2. The van der Waals surface area contributed by atoms with Crippen LogP contribution in [0, 0.1) is 0 Å². The predicted octanol–water partition coefficient (Wildman–Crippen LogP) is -1.48. The standard InChI is InChI=1S/C27H32O16/c1-11(28)14-4-3-13(38-2)7-17(14)42-25-22(34)21(33)20(32)18(43-25)8-39-26-23(35)27(37,10-41-26)9-40-24(36)12-5-15(29)19(31)16(30)6-12/h3-7,18,20-23,25-26,29-35,37H,8-10H2,1-2H3/t18-,20-,21+,22-,23+,25+,26+,27-/m1/s1. The summed E-state index contributed by atoms with van der Waals surface area (Å²) >= 11 is 0. The Bertz CT molecular complexity index is 1310. The lowest BCUT2D eigenvalue weighted by atomic mass is 9.99. The highest BCUT2D eigenvalue weighted by Gasteiger charge is 2.51. The van der Waals surface area contributed by atoms with E-state index in [0.29, 0.717) is 5.75 Å². The van der Waals surface area contributed by atoms with E-state index in [4.69, 9.17) is 28.4 Å². The van der Waals surface area contributed by atoms with Gasteiger partial charge in [0.05, 0.1) is 31.5 Å². The van der Waals surface area contributed by atoms with Crippen molar-refractivity contribution in [1.82, 2.24) is 0 Å². The number of methoxy groups -OCH3 is 1. The Hall–Kier alpha value is -3.74. The molecule has 4 rings (SSSR count). The summed E-state index contributed by atoms with van der Waals surface area (Å²) < 4.78 is 32.1. The molecule has 2 fully saturated rings. The number of benzene rings is 2. The van der Waals surface area contributed by atoms with Gasteiger partial charge in [0.15, 0.2) is 34.9 Å². The average Bonchev–Trinajstić information content (AvgIpc) is 3.26. The smallest absolute Gasteiger partial charge is 0.338 e. The number of ether oxygens (including phenoxy) is 6. The van der Waals surface area contributed by atoms with Crippen molar-refractivity contribution in [2.75, 3.05) is 26.9 Å². The zero-order valence-electron chi connectivity index (χ0n) is 22.9. The van der Waals surface area contributed by atoms with Crippen molar-refractivity contribution < 1.29 is 78.9 Å². The second-order valence-corrected chi connectivity index (χ2v) is 10.1. The van der Waals surface area contributed by atoms with Gasteiger partial charge in [0.1, 0.15) is 48.6 Å². The molecule has 0 aliphatic carbocycles. The number of aliphatic hydroxyl groups is 5. The number of aromatic hydroxyl groups is 3. The highest BCUT2D eigenvalue weighted by Crippen LogP contribution is 2.36. The molecule has 2 aromatic rings. The van der Waals surface area contributed by atoms with Crippen molar-refractivity contribution in [3.8, 4) is 28.7 Å². The molecular formula is C27H32O16. The number of hydrogen-bond acceptors (Lipinski definition) is 16. The zero-order valence-corrected chi connectivity index (χ0v) is 22.9. The number of phenolic OH excluding ortho intramolecular Hbond substituents is 3. The summed E-state index contributed by atoms with van der Waals surface area (Å²) in [6.45, 7) is -0.632. The minimum atomic E-state index is -2.16. The monoisotopic (exact) mass is 612 g/mol. The molecule has 2 aliphatic heterocycles. The Labute approximate surface area is 243 Å². The van der Waals surface area contributed by atoms with Crippen molar-refractivity contribution in [1.29, 1.82) is 0 Å². The predicted molar refractivity (Wildman–Crippen MR) is 139 cm³/mol. The van der Waals surface area contributed by atoms with Crippen molar-refractivity contribution in [2.24, 2.45) is 0 Å². The molecule has 2 saturated heterocycles. The topological polar surface area (TPSA) is 251 Å². The van der Waals surface area contributed by atoms with Crippen molar-refractivity contribution in [3.05, 3.63) is 41.5 Å². The van der Waals surface area contributed by atoms with E-state index in [-0.39, 0.29) is 22.7 Å². The largest absolute Gasteiger partial charge is 0.504 e. The lowest BCUT2D eigenvalue weighted by Gasteiger charge is -2.40. The van der Waals surface area contributed by atoms with E-state index in [1.165, 1.54) is 32.2 Å². The fourth-order valence-electron chi connectivity index (χ4n) is 4.40. The van der Waals surface area contributed by atoms with Gasteiger partial charge in [-0.1, -0.05) is 0 Å². The molecule has 0 spiro atoms. The van der Waals surface area contributed by atoms with Crippen LogP contribution in [0.3, 0.4) is 0 Å². The summed E-state index contributed by atoms with van der Waals surface area (Å²) in [5.74, 6) is -3.60. The Morgan fingerprint density at radius 2 is 1.65 bits per heavy atom. The van der Waals surface area contributed by atoms with Crippen LogP contribution in [0.4, 0.5) is 0 Å². The Morgan fingerprint density at radius 3 is 2.28 bits per heavy atom. The summed E-state index contributed by atoms with van der Waals surface area (Å²) in [6, 6.07) is 5.98. The first-order valence-corrected chi connectivity index (χ1v) is 12.9. The maximum atomic E-state index is 12.3. The number of phenols is 3. The quantitative estimate of drug-likeness (QED) is 0.0865. The average molecular weight is 613 g/mol. The number of carbonyl (C=O) groups excluding carboxylic acids is 2. The highest BCUT2D eigenvalue weighted by molar-refractivity contribution is 5.97. The summed E-state index contributed by atoms with van der Waals surface area (Å²) in [4.78, 5) is 24.4. The highest BCUT2D eigenvalue weighted by atomic mass is 16.7. The molecule has 0 saturated carbocycles. The lowest BCUT2D eigenvalue weighted by Crippen LogP contribution is -2.60. The van der Waals surface area contributed by atoms with Crippen LogP contribution >= 0.6 is 0 Å². The van der Waals surface area contributed by atoms with E-state index >= 15 is 0 Å². The first kappa shape index (κ1) is 32.2. The summed E-state index contributed by atoms with van der Waals surface area (Å²) in [5, 5.41) is 81.3. The second-order valence-electron chi connectivity index (χ2n) is 10.1. The molecule has 43 heavy (non-hydrogen) atoms. The number of aliphatic hydroxyl groups excluding tert-OH is 4. The molecular weight excluding hydrogens is 580 g/mol. The molecule has 16 heteroatoms. The van der Waals surface area contributed by atoms with Crippen LogP contribution in [0.5, 0.6) is 28.7 Å². The third kappa shape index (κ3) is 6.76. The molecule has 0 bridgehead atoms. The number of hydrogen-bond donors (Lipinski definition) is 8. The van der Waals surface area contributed by atoms with E-state index in [2.05, 4.69) is 0 Å². The zero-order chi connectivity index (χ0) is 31.6. The molecule has 236 valence electrons. The van der Waals surface area contributed by atoms with Crippen molar-refractivity contribution >= 4 is 11.8 Å². The third-order valence-corrected chi connectivity index (χ3v) is 6.97. The van der Waals surface area contributed by atoms with E-state index in [0.717, 1.165) is 12.1 Å². The van der Waals surface area contributed by atoms with E-state index in [9.17, 15) is 50.4 Å². The van der Waals surface area contributed by atoms with Gasteiger partial charge < -0.3 is 69.3 Å². The van der Waals surface area contributed by atoms with Crippen LogP contribution in [-0.4, -0.2) is 128 Å². The molecule has 8 atom stereocenters. The van der Waals surface area contributed by atoms with Crippen molar-refractivity contribution in [3.63, 3.8) is 0 Å². The lowest BCUT2D eigenvalue weighted by molar-refractivity contribution is -0.289. The number of esters is 1.